The van der Waals surface area contributed by atoms with Gasteiger partial charge in [-0.1, -0.05) is 18.2 Å². The Morgan fingerprint density at radius 1 is 1.14 bits per heavy atom. The minimum Gasteiger partial charge on any atom is -0.370 e. The van der Waals surface area contributed by atoms with Crippen molar-refractivity contribution in [1.29, 1.82) is 0 Å². The van der Waals surface area contributed by atoms with Crippen LogP contribution in [0.4, 0.5) is 0 Å². The summed E-state index contributed by atoms with van der Waals surface area (Å²) in [5.41, 5.74) is 23.6. The lowest BCUT2D eigenvalue weighted by Gasteiger charge is -2.18. The highest BCUT2D eigenvalue weighted by Gasteiger charge is 2.23. The SMILES string of the molecule is Cl.Cl.NC(=O)C(Cc1c[nH]c2ccccc12)NC(=O)C(N)CCCN=C(N)N. The smallest absolute Gasteiger partial charge is 0.240 e. The Kier molecular flexibility index (Phi) is 11.0. The highest BCUT2D eigenvalue weighted by molar-refractivity contribution is 5.90. The van der Waals surface area contributed by atoms with E-state index in [9.17, 15) is 9.59 Å². The van der Waals surface area contributed by atoms with Crippen LogP contribution >= 0.6 is 24.8 Å². The van der Waals surface area contributed by atoms with Gasteiger partial charge in [0.15, 0.2) is 5.96 Å². The van der Waals surface area contributed by atoms with Crippen molar-refractivity contribution in [3.05, 3.63) is 36.0 Å². The van der Waals surface area contributed by atoms with Crippen molar-refractivity contribution in [3.63, 3.8) is 0 Å². The molecule has 0 aliphatic rings. The summed E-state index contributed by atoms with van der Waals surface area (Å²) < 4.78 is 0. The number of guanidine groups is 1. The van der Waals surface area contributed by atoms with Gasteiger partial charge in [0, 0.05) is 30.1 Å². The molecule has 2 rings (SSSR count). The maximum Gasteiger partial charge on any atom is 0.240 e. The average molecular weight is 432 g/mol. The van der Waals surface area contributed by atoms with Crippen LogP contribution in [0.2, 0.25) is 0 Å². The number of nitrogens with one attached hydrogen (secondary N) is 2. The van der Waals surface area contributed by atoms with Gasteiger partial charge in [0.2, 0.25) is 11.8 Å². The van der Waals surface area contributed by atoms with Gasteiger partial charge in [-0.25, -0.2) is 0 Å². The fourth-order valence-corrected chi connectivity index (χ4v) is 2.67. The zero-order valence-electron chi connectivity index (χ0n) is 15.3. The summed E-state index contributed by atoms with van der Waals surface area (Å²) in [7, 11) is 0. The largest absolute Gasteiger partial charge is 0.370 e. The summed E-state index contributed by atoms with van der Waals surface area (Å²) in [6.45, 7) is 0.387. The molecule has 1 heterocycles. The number of hydrogen-bond donors (Lipinski definition) is 6. The summed E-state index contributed by atoms with van der Waals surface area (Å²) in [4.78, 5) is 31.0. The molecular weight excluding hydrogens is 405 g/mol. The number of H-pyrrole nitrogens is 1. The minimum atomic E-state index is -0.842. The first-order chi connectivity index (χ1) is 12.4. The second-order valence-corrected chi connectivity index (χ2v) is 6.08. The van der Waals surface area contributed by atoms with Gasteiger partial charge in [0.05, 0.1) is 6.04 Å². The molecule has 0 saturated carbocycles. The third kappa shape index (κ3) is 7.26. The molecule has 2 atom stereocenters. The fourth-order valence-electron chi connectivity index (χ4n) is 2.67. The van der Waals surface area contributed by atoms with Crippen LogP contribution in [0.25, 0.3) is 10.9 Å². The van der Waals surface area contributed by atoms with Crippen LogP contribution < -0.4 is 28.3 Å². The number of fused-ring (bicyclic) bond motifs is 1. The van der Waals surface area contributed by atoms with E-state index in [2.05, 4.69) is 15.3 Å². The van der Waals surface area contributed by atoms with Crippen molar-refractivity contribution in [2.24, 2.45) is 27.9 Å². The topological polar surface area (TPSA) is 178 Å². The fraction of sp³-hybridized carbons (Fsp3) is 0.353. The van der Waals surface area contributed by atoms with E-state index in [0.717, 1.165) is 16.5 Å². The van der Waals surface area contributed by atoms with Crippen LogP contribution in [0.3, 0.4) is 0 Å². The third-order valence-electron chi connectivity index (χ3n) is 4.06. The van der Waals surface area contributed by atoms with Gasteiger partial charge < -0.3 is 33.2 Å². The maximum atomic E-state index is 12.2. The van der Waals surface area contributed by atoms with Crippen LogP contribution in [-0.2, 0) is 16.0 Å². The number of carbonyl (C=O) groups excluding carboxylic acids is 2. The Balaban J connectivity index is 0.00000364. The lowest BCUT2D eigenvalue weighted by molar-refractivity contribution is -0.128. The predicted octanol–water partition coefficient (Wildman–Crippen LogP) is -0.0950. The van der Waals surface area contributed by atoms with Crippen LogP contribution in [-0.4, -0.2) is 41.4 Å². The van der Waals surface area contributed by atoms with E-state index in [0.29, 0.717) is 19.4 Å². The van der Waals surface area contributed by atoms with Crippen LogP contribution in [0, 0.1) is 0 Å². The number of aromatic amines is 1. The molecule has 0 radical (unpaired) electrons. The zero-order valence-corrected chi connectivity index (χ0v) is 16.9. The monoisotopic (exact) mass is 431 g/mol. The molecule has 11 heteroatoms. The van der Waals surface area contributed by atoms with Crippen LogP contribution in [0.1, 0.15) is 18.4 Å². The maximum absolute atomic E-state index is 12.2. The molecule has 2 aromatic rings. The van der Waals surface area contributed by atoms with E-state index in [4.69, 9.17) is 22.9 Å². The van der Waals surface area contributed by atoms with Gasteiger partial charge in [0.25, 0.3) is 0 Å². The van der Waals surface area contributed by atoms with Crippen molar-refractivity contribution < 1.29 is 9.59 Å². The van der Waals surface area contributed by atoms with E-state index < -0.39 is 23.9 Å². The van der Waals surface area contributed by atoms with Crippen molar-refractivity contribution in [3.8, 4) is 0 Å². The number of para-hydroxylation sites is 1. The second kappa shape index (κ2) is 12.1. The lowest BCUT2D eigenvalue weighted by Crippen LogP contribution is -2.51. The van der Waals surface area contributed by atoms with Gasteiger partial charge in [-0.15, -0.1) is 24.8 Å². The van der Waals surface area contributed by atoms with E-state index in [1.165, 1.54) is 0 Å². The summed E-state index contributed by atoms with van der Waals surface area (Å²) in [5.74, 6) is -1.05. The van der Waals surface area contributed by atoms with E-state index in [-0.39, 0.29) is 37.2 Å². The molecule has 156 valence electrons. The highest BCUT2D eigenvalue weighted by Crippen LogP contribution is 2.19. The van der Waals surface area contributed by atoms with Crippen LogP contribution in [0.15, 0.2) is 35.5 Å². The van der Waals surface area contributed by atoms with Crippen LogP contribution in [0.5, 0.6) is 0 Å². The molecule has 0 bridgehead atoms. The van der Waals surface area contributed by atoms with Crippen molar-refractivity contribution >= 4 is 53.5 Å². The minimum absolute atomic E-state index is 0. The third-order valence-corrected chi connectivity index (χ3v) is 4.06. The van der Waals surface area contributed by atoms with E-state index >= 15 is 0 Å². The molecular formula is C17H27Cl2N7O2. The molecule has 0 fully saturated rings. The number of benzene rings is 1. The Hall–Kier alpha value is -2.49. The molecule has 1 aromatic heterocycles. The first-order valence-electron chi connectivity index (χ1n) is 8.34. The molecule has 0 saturated heterocycles. The molecule has 9 nitrogen and oxygen atoms in total. The van der Waals surface area contributed by atoms with Gasteiger partial charge in [-0.2, -0.15) is 0 Å². The van der Waals surface area contributed by atoms with Gasteiger partial charge in [-0.3, -0.25) is 14.6 Å². The molecule has 0 aliphatic heterocycles. The number of amides is 2. The first kappa shape index (κ1) is 25.5. The molecule has 28 heavy (non-hydrogen) atoms. The second-order valence-electron chi connectivity index (χ2n) is 6.08. The number of halogens is 2. The number of nitrogens with zero attached hydrogens (tertiary/aromatic N) is 1. The summed E-state index contributed by atoms with van der Waals surface area (Å²) in [6, 6.07) is 6.08. The summed E-state index contributed by atoms with van der Waals surface area (Å²) >= 11 is 0. The van der Waals surface area contributed by atoms with Crippen molar-refractivity contribution in [2.75, 3.05) is 6.54 Å². The Morgan fingerprint density at radius 2 is 1.82 bits per heavy atom. The summed E-state index contributed by atoms with van der Waals surface area (Å²) in [5, 5.41) is 3.61. The number of aliphatic imine (C=N–C) groups is 1. The molecule has 1 aromatic carbocycles. The van der Waals surface area contributed by atoms with E-state index in [1.807, 2.05) is 30.5 Å². The standard InChI is InChI=1S/C17H25N7O2.2ClH/c18-12(5-3-7-22-17(20)21)16(26)24-14(15(19)25)8-10-9-23-13-6-2-1-4-11(10)13;;/h1-2,4,6,9,12,14,23H,3,5,7-8,18H2,(H2,19,25)(H,24,26)(H4,20,21,22);2*1H. The van der Waals surface area contributed by atoms with Gasteiger partial charge >= 0.3 is 0 Å². The van der Waals surface area contributed by atoms with Crippen molar-refractivity contribution in [2.45, 2.75) is 31.3 Å². The molecule has 2 amide bonds. The number of nitrogens with two attached hydrogens (primary N) is 4. The highest BCUT2D eigenvalue weighted by atomic mass is 35.5. The Morgan fingerprint density at radius 3 is 2.46 bits per heavy atom. The predicted molar refractivity (Wildman–Crippen MR) is 116 cm³/mol. The van der Waals surface area contributed by atoms with Gasteiger partial charge in [-0.05, 0) is 24.5 Å². The Labute approximate surface area is 175 Å². The lowest BCUT2D eigenvalue weighted by atomic mass is 10.0. The zero-order chi connectivity index (χ0) is 19.1. The molecule has 0 spiro atoms. The number of aromatic nitrogens is 1. The molecule has 10 N–H and O–H groups in total. The number of rotatable bonds is 9. The van der Waals surface area contributed by atoms with Crippen molar-refractivity contribution in [1.82, 2.24) is 10.3 Å². The average Bonchev–Trinajstić information content (AvgIpc) is 3.00. The van der Waals surface area contributed by atoms with Gasteiger partial charge in [0.1, 0.15) is 6.04 Å². The quantitative estimate of drug-likeness (QED) is 0.184. The number of primary amides is 1. The Bertz CT molecular complexity index is 806. The molecule has 0 aliphatic carbocycles. The first-order valence-corrected chi connectivity index (χ1v) is 8.34. The summed E-state index contributed by atoms with van der Waals surface area (Å²) in [6.07, 6.45) is 3.03. The number of carbonyl (C=O) groups is 2. The number of hydrogen-bond acceptors (Lipinski definition) is 4. The van der Waals surface area contributed by atoms with E-state index in [1.54, 1.807) is 0 Å². The molecule has 2 unspecified atom stereocenters. The normalized spacial score (nSPS) is 12.2.